The van der Waals surface area contributed by atoms with Gasteiger partial charge in [0, 0.05) is 50.6 Å². The summed E-state index contributed by atoms with van der Waals surface area (Å²) in [4.78, 5) is 19.8. The van der Waals surface area contributed by atoms with Crippen LogP contribution in [0.5, 0.6) is 0 Å². The van der Waals surface area contributed by atoms with Gasteiger partial charge in [0.25, 0.3) is 0 Å². The zero-order valence-corrected chi connectivity index (χ0v) is 7.54. The zero-order chi connectivity index (χ0) is 7.98. The van der Waals surface area contributed by atoms with Gasteiger partial charge in [0.1, 0.15) is 0 Å². The normalized spacial score (nSPS) is 7.67. The fraction of sp³-hybridized carbons (Fsp3) is 0.667. The predicted octanol–water partition coefficient (Wildman–Crippen LogP) is -0.0456. The first-order chi connectivity index (χ1) is 4.63. The zero-order valence-electron chi connectivity index (χ0n) is 7.54. The van der Waals surface area contributed by atoms with Crippen molar-refractivity contribution >= 4 is 49.7 Å². The Balaban J connectivity index is -0.000000405. The van der Waals surface area contributed by atoms with E-state index in [9.17, 15) is 9.59 Å². The van der Waals surface area contributed by atoms with Crippen molar-refractivity contribution in [3.8, 4) is 0 Å². The largest absolute Gasteiger partial charge is 0.481 e. The molecule has 6 heteroatoms. The molecular formula is C6H10Li2O4. The fourth-order valence-corrected chi connectivity index (χ4v) is 0.552. The van der Waals surface area contributed by atoms with Crippen LogP contribution >= 0.6 is 0 Å². The van der Waals surface area contributed by atoms with E-state index in [0.29, 0.717) is 12.8 Å². The van der Waals surface area contributed by atoms with E-state index >= 15 is 0 Å². The maximum absolute atomic E-state index is 9.90. The summed E-state index contributed by atoms with van der Waals surface area (Å²) in [5.74, 6) is -1.74. The van der Waals surface area contributed by atoms with Crippen molar-refractivity contribution in [2.24, 2.45) is 0 Å². The second-order valence-electron chi connectivity index (χ2n) is 1.99. The van der Waals surface area contributed by atoms with Crippen LogP contribution in [-0.2, 0) is 9.59 Å². The molecule has 0 bridgehead atoms. The third-order valence-electron chi connectivity index (χ3n) is 1.03. The first-order valence-electron chi connectivity index (χ1n) is 3.06. The van der Waals surface area contributed by atoms with Gasteiger partial charge in [-0.3, -0.25) is 9.59 Å². The molecule has 60 valence electrons. The predicted molar refractivity (Wildman–Crippen MR) is 45.2 cm³/mol. The molecular weight excluding hydrogens is 150 g/mol. The number of carbonyl (C=O) groups is 2. The molecule has 0 aliphatic heterocycles. The average molecular weight is 160 g/mol. The molecule has 0 saturated carbocycles. The molecule has 12 heavy (non-hydrogen) atoms. The molecule has 0 rings (SSSR count). The fourth-order valence-electron chi connectivity index (χ4n) is 0.552. The summed E-state index contributed by atoms with van der Waals surface area (Å²) in [7, 11) is 0. The molecule has 2 radical (unpaired) electrons. The van der Waals surface area contributed by atoms with Crippen molar-refractivity contribution in [3.63, 3.8) is 0 Å². The molecule has 0 amide bonds. The monoisotopic (exact) mass is 160 g/mol. The second-order valence-corrected chi connectivity index (χ2v) is 1.99. The Bertz CT molecular complexity index is 122. The quantitative estimate of drug-likeness (QED) is 0.436. The van der Waals surface area contributed by atoms with E-state index in [1.165, 1.54) is 0 Å². The van der Waals surface area contributed by atoms with Gasteiger partial charge in [-0.05, 0) is 12.8 Å². The molecule has 0 aromatic rings. The minimum Gasteiger partial charge on any atom is -0.481 e. The maximum Gasteiger partial charge on any atom is 0.303 e. The van der Waals surface area contributed by atoms with E-state index < -0.39 is 11.9 Å². The molecule has 0 unspecified atom stereocenters. The summed E-state index contributed by atoms with van der Waals surface area (Å²) in [5, 5.41) is 16.3. The van der Waals surface area contributed by atoms with Crippen molar-refractivity contribution in [1.29, 1.82) is 0 Å². The van der Waals surface area contributed by atoms with Crippen molar-refractivity contribution in [2.75, 3.05) is 0 Å². The Morgan fingerprint density at radius 3 is 1.25 bits per heavy atom. The molecule has 0 atom stereocenters. The molecule has 0 heterocycles. The maximum atomic E-state index is 9.90. The first kappa shape index (κ1) is 18.0. The average Bonchev–Trinajstić information content (AvgIpc) is 1.79. The Morgan fingerprint density at radius 1 is 0.833 bits per heavy atom. The number of unbranched alkanes of at least 4 members (excludes halogenated alkanes) is 1. The molecule has 0 aromatic heterocycles. The number of aliphatic carboxylic acids is 2. The number of hydrogen-bond acceptors (Lipinski definition) is 2. The second kappa shape index (κ2) is 11.1. The van der Waals surface area contributed by atoms with Gasteiger partial charge in [0.2, 0.25) is 0 Å². The molecule has 4 nitrogen and oxygen atoms in total. The molecule has 0 aliphatic rings. The number of rotatable bonds is 5. The summed E-state index contributed by atoms with van der Waals surface area (Å²) < 4.78 is 0. The van der Waals surface area contributed by atoms with Crippen LogP contribution in [0, 0.1) is 0 Å². The Kier molecular flexibility index (Phi) is 16.7. The summed E-state index contributed by atoms with van der Waals surface area (Å²) >= 11 is 0. The standard InChI is InChI=1S/C6H10O4.2Li/c7-5(8)3-1-2-4-6(9)10;;/h1-4H2,(H,7,8)(H,9,10);;. The summed E-state index contributed by atoms with van der Waals surface area (Å²) in [6, 6.07) is 0. The van der Waals surface area contributed by atoms with E-state index in [1.807, 2.05) is 0 Å². The van der Waals surface area contributed by atoms with Crippen LogP contribution in [0.4, 0.5) is 0 Å². The smallest absolute Gasteiger partial charge is 0.303 e. The van der Waals surface area contributed by atoms with Crippen LogP contribution in [0.1, 0.15) is 25.7 Å². The van der Waals surface area contributed by atoms with Gasteiger partial charge in [0.05, 0.1) is 0 Å². The molecule has 2 N–H and O–H groups in total. The Hall–Kier alpha value is 0.135. The van der Waals surface area contributed by atoms with Crippen molar-refractivity contribution < 1.29 is 19.8 Å². The first-order valence-corrected chi connectivity index (χ1v) is 3.06. The number of hydrogen-bond donors (Lipinski definition) is 2. The minimum absolute atomic E-state index is 0. The van der Waals surface area contributed by atoms with E-state index in [0.717, 1.165) is 0 Å². The summed E-state index contributed by atoms with van der Waals surface area (Å²) in [5.41, 5.74) is 0. The van der Waals surface area contributed by atoms with Crippen LogP contribution in [0.2, 0.25) is 0 Å². The minimum atomic E-state index is -0.870. The van der Waals surface area contributed by atoms with Crippen molar-refractivity contribution in [2.45, 2.75) is 25.7 Å². The summed E-state index contributed by atoms with van der Waals surface area (Å²) in [6.07, 6.45) is 1.02. The van der Waals surface area contributed by atoms with Crippen LogP contribution in [-0.4, -0.2) is 59.9 Å². The molecule has 0 aliphatic carbocycles. The Labute approximate surface area is 95.1 Å². The third-order valence-corrected chi connectivity index (χ3v) is 1.03. The van der Waals surface area contributed by atoms with Crippen molar-refractivity contribution in [3.05, 3.63) is 0 Å². The van der Waals surface area contributed by atoms with Gasteiger partial charge in [-0.2, -0.15) is 0 Å². The van der Waals surface area contributed by atoms with E-state index in [-0.39, 0.29) is 50.6 Å². The summed E-state index contributed by atoms with van der Waals surface area (Å²) in [6.45, 7) is 0. The number of carboxylic acids is 2. The van der Waals surface area contributed by atoms with Crippen LogP contribution in [0.15, 0.2) is 0 Å². The molecule has 0 fully saturated rings. The number of carboxylic acid groups (broad SMARTS) is 2. The Morgan fingerprint density at radius 2 is 1.08 bits per heavy atom. The van der Waals surface area contributed by atoms with E-state index in [2.05, 4.69) is 0 Å². The van der Waals surface area contributed by atoms with Crippen LogP contribution < -0.4 is 0 Å². The van der Waals surface area contributed by atoms with Gasteiger partial charge >= 0.3 is 11.9 Å². The van der Waals surface area contributed by atoms with Gasteiger partial charge in [-0.1, -0.05) is 0 Å². The molecule has 0 aromatic carbocycles. The molecule has 0 saturated heterocycles. The molecule has 0 spiro atoms. The van der Waals surface area contributed by atoms with Crippen LogP contribution in [0.25, 0.3) is 0 Å². The van der Waals surface area contributed by atoms with Crippen molar-refractivity contribution in [1.82, 2.24) is 0 Å². The van der Waals surface area contributed by atoms with Gasteiger partial charge in [0.15, 0.2) is 0 Å². The van der Waals surface area contributed by atoms with Gasteiger partial charge in [-0.25, -0.2) is 0 Å². The third kappa shape index (κ3) is 16.6. The van der Waals surface area contributed by atoms with Crippen LogP contribution in [0.3, 0.4) is 0 Å². The topological polar surface area (TPSA) is 74.6 Å². The van der Waals surface area contributed by atoms with E-state index in [4.69, 9.17) is 10.2 Å². The van der Waals surface area contributed by atoms with E-state index in [1.54, 1.807) is 0 Å². The SMILES string of the molecule is O=C(O)CCCCC(=O)O.[Li].[Li]. The van der Waals surface area contributed by atoms with Gasteiger partial charge < -0.3 is 10.2 Å². The van der Waals surface area contributed by atoms with Gasteiger partial charge in [-0.15, -0.1) is 0 Å².